The zero-order chi connectivity index (χ0) is 19.1. The Labute approximate surface area is 167 Å². The zero-order valence-electron chi connectivity index (χ0n) is 16.1. The SMILES string of the molecule is CC(C)CNc1nc2nnnn2c2sc3c(c12)CCN(Cc1ccccc1)C3. The summed E-state index contributed by atoms with van der Waals surface area (Å²) in [5.74, 6) is 2.01. The van der Waals surface area contributed by atoms with Crippen molar-refractivity contribution in [2.45, 2.75) is 33.4 Å². The first-order valence-corrected chi connectivity index (χ1v) is 10.5. The topological polar surface area (TPSA) is 71.2 Å². The van der Waals surface area contributed by atoms with Gasteiger partial charge in [-0.15, -0.1) is 11.3 Å². The highest BCUT2D eigenvalue weighted by molar-refractivity contribution is 7.19. The van der Waals surface area contributed by atoms with Crippen molar-refractivity contribution in [3.63, 3.8) is 0 Å². The summed E-state index contributed by atoms with van der Waals surface area (Å²) in [4.78, 5) is 9.71. The number of fused-ring (bicyclic) bond motifs is 5. The van der Waals surface area contributed by atoms with E-state index in [0.29, 0.717) is 11.7 Å². The molecule has 0 unspecified atom stereocenters. The van der Waals surface area contributed by atoms with Crippen LogP contribution in [-0.4, -0.2) is 43.0 Å². The van der Waals surface area contributed by atoms with Crippen LogP contribution in [0.1, 0.15) is 29.9 Å². The Balaban J connectivity index is 1.53. The fourth-order valence-electron chi connectivity index (χ4n) is 3.78. The van der Waals surface area contributed by atoms with Crippen molar-refractivity contribution in [3.8, 4) is 0 Å². The average Bonchev–Trinajstić information content (AvgIpc) is 3.30. The van der Waals surface area contributed by atoms with Gasteiger partial charge >= 0.3 is 0 Å². The molecule has 0 bridgehead atoms. The molecule has 1 aliphatic heterocycles. The molecule has 4 heterocycles. The zero-order valence-corrected chi connectivity index (χ0v) is 16.9. The van der Waals surface area contributed by atoms with Crippen LogP contribution in [0, 0.1) is 5.92 Å². The van der Waals surface area contributed by atoms with E-state index in [-0.39, 0.29) is 0 Å². The molecule has 28 heavy (non-hydrogen) atoms. The van der Waals surface area contributed by atoms with E-state index in [1.165, 1.54) is 21.4 Å². The predicted molar refractivity (Wildman–Crippen MR) is 112 cm³/mol. The van der Waals surface area contributed by atoms with E-state index in [2.05, 4.69) is 69.9 Å². The van der Waals surface area contributed by atoms with Gasteiger partial charge < -0.3 is 5.32 Å². The fourth-order valence-corrected chi connectivity index (χ4v) is 5.11. The van der Waals surface area contributed by atoms with E-state index in [0.717, 1.165) is 43.2 Å². The molecule has 1 aliphatic rings. The number of anilines is 1. The molecule has 5 rings (SSSR count). The van der Waals surface area contributed by atoms with Crippen molar-refractivity contribution in [1.82, 2.24) is 29.9 Å². The lowest BCUT2D eigenvalue weighted by molar-refractivity contribution is 0.249. The molecule has 0 saturated heterocycles. The predicted octanol–water partition coefficient (Wildman–Crippen LogP) is 3.36. The summed E-state index contributed by atoms with van der Waals surface area (Å²) >= 11 is 1.80. The van der Waals surface area contributed by atoms with Gasteiger partial charge in [0.25, 0.3) is 5.78 Å². The highest BCUT2D eigenvalue weighted by atomic mass is 32.1. The second-order valence-electron chi connectivity index (χ2n) is 7.76. The van der Waals surface area contributed by atoms with Gasteiger partial charge in [-0.25, -0.2) is 0 Å². The summed E-state index contributed by atoms with van der Waals surface area (Å²) in [6.45, 7) is 8.26. The molecule has 4 aromatic rings. The molecular weight excluding hydrogens is 370 g/mol. The third-order valence-electron chi connectivity index (χ3n) is 5.14. The van der Waals surface area contributed by atoms with Gasteiger partial charge in [-0.2, -0.15) is 9.50 Å². The Hall–Kier alpha value is -2.58. The highest BCUT2D eigenvalue weighted by Gasteiger charge is 2.25. The van der Waals surface area contributed by atoms with Gasteiger partial charge in [-0.3, -0.25) is 4.90 Å². The summed E-state index contributed by atoms with van der Waals surface area (Å²) < 4.78 is 1.78. The lowest BCUT2D eigenvalue weighted by Crippen LogP contribution is -2.29. The van der Waals surface area contributed by atoms with Crippen molar-refractivity contribution in [2.75, 3.05) is 18.4 Å². The molecule has 8 heteroatoms. The summed E-state index contributed by atoms with van der Waals surface area (Å²) in [6, 6.07) is 10.7. The Morgan fingerprint density at radius 1 is 1.21 bits per heavy atom. The molecule has 144 valence electrons. The molecule has 0 radical (unpaired) electrons. The van der Waals surface area contributed by atoms with Crippen LogP contribution in [0.15, 0.2) is 30.3 Å². The minimum absolute atomic E-state index is 0.542. The van der Waals surface area contributed by atoms with Crippen LogP contribution in [0.4, 0.5) is 5.82 Å². The largest absolute Gasteiger partial charge is 0.369 e. The number of tetrazole rings is 1. The number of thiophene rings is 1. The van der Waals surface area contributed by atoms with E-state index in [1.54, 1.807) is 15.9 Å². The molecule has 0 aliphatic carbocycles. The second-order valence-corrected chi connectivity index (χ2v) is 8.84. The van der Waals surface area contributed by atoms with Gasteiger partial charge in [-0.1, -0.05) is 49.3 Å². The lowest BCUT2D eigenvalue weighted by atomic mass is 10.0. The second kappa shape index (κ2) is 7.10. The number of hydrogen-bond donors (Lipinski definition) is 1. The third kappa shape index (κ3) is 3.12. The summed E-state index contributed by atoms with van der Waals surface area (Å²) in [5, 5.41) is 16.8. The maximum atomic E-state index is 4.71. The molecule has 0 amide bonds. The third-order valence-corrected chi connectivity index (χ3v) is 6.33. The fraction of sp³-hybridized carbons (Fsp3) is 0.400. The van der Waals surface area contributed by atoms with Crippen LogP contribution in [0.5, 0.6) is 0 Å². The number of hydrogen-bond acceptors (Lipinski definition) is 7. The normalized spacial score (nSPS) is 14.8. The van der Waals surface area contributed by atoms with Crippen LogP contribution in [0.2, 0.25) is 0 Å². The minimum Gasteiger partial charge on any atom is -0.369 e. The van der Waals surface area contributed by atoms with Crippen molar-refractivity contribution in [3.05, 3.63) is 46.3 Å². The molecule has 1 N–H and O–H groups in total. The summed E-state index contributed by atoms with van der Waals surface area (Å²) in [7, 11) is 0. The quantitative estimate of drug-likeness (QED) is 0.561. The minimum atomic E-state index is 0.542. The van der Waals surface area contributed by atoms with Gasteiger partial charge in [0, 0.05) is 31.1 Å². The Morgan fingerprint density at radius 2 is 2.07 bits per heavy atom. The smallest absolute Gasteiger partial charge is 0.276 e. The summed E-state index contributed by atoms with van der Waals surface area (Å²) in [5.41, 5.74) is 2.76. The number of aromatic nitrogens is 5. The van der Waals surface area contributed by atoms with Gasteiger partial charge in [0.1, 0.15) is 10.6 Å². The molecule has 0 atom stereocenters. The van der Waals surface area contributed by atoms with Gasteiger partial charge in [0.15, 0.2) is 0 Å². The van der Waals surface area contributed by atoms with Crippen LogP contribution in [-0.2, 0) is 19.5 Å². The maximum Gasteiger partial charge on any atom is 0.276 e. The highest BCUT2D eigenvalue weighted by Crippen LogP contribution is 2.38. The number of nitrogens with zero attached hydrogens (tertiary/aromatic N) is 6. The van der Waals surface area contributed by atoms with Crippen LogP contribution in [0.25, 0.3) is 16.0 Å². The number of benzene rings is 1. The first-order valence-electron chi connectivity index (χ1n) is 9.71. The van der Waals surface area contributed by atoms with Crippen molar-refractivity contribution in [2.24, 2.45) is 5.92 Å². The van der Waals surface area contributed by atoms with Crippen LogP contribution < -0.4 is 5.32 Å². The van der Waals surface area contributed by atoms with E-state index in [9.17, 15) is 0 Å². The maximum absolute atomic E-state index is 4.71. The van der Waals surface area contributed by atoms with Gasteiger partial charge in [-0.05, 0) is 33.9 Å². The molecule has 3 aromatic heterocycles. The van der Waals surface area contributed by atoms with Gasteiger partial charge in [0.2, 0.25) is 0 Å². The molecule has 0 spiro atoms. The number of rotatable bonds is 5. The van der Waals surface area contributed by atoms with E-state index in [4.69, 9.17) is 4.98 Å². The van der Waals surface area contributed by atoms with Gasteiger partial charge in [0.05, 0.1) is 5.39 Å². The van der Waals surface area contributed by atoms with Crippen LogP contribution >= 0.6 is 11.3 Å². The lowest BCUT2D eigenvalue weighted by Gasteiger charge is -2.27. The molecule has 1 aromatic carbocycles. The van der Waals surface area contributed by atoms with Crippen molar-refractivity contribution < 1.29 is 0 Å². The number of nitrogens with one attached hydrogen (secondary N) is 1. The Morgan fingerprint density at radius 3 is 2.89 bits per heavy atom. The summed E-state index contributed by atoms with van der Waals surface area (Å²) in [6.07, 6.45) is 1.02. The monoisotopic (exact) mass is 393 g/mol. The molecule has 0 saturated carbocycles. The average molecular weight is 394 g/mol. The first-order chi connectivity index (χ1) is 13.7. The van der Waals surface area contributed by atoms with E-state index < -0.39 is 0 Å². The van der Waals surface area contributed by atoms with Crippen molar-refractivity contribution in [1.29, 1.82) is 0 Å². The van der Waals surface area contributed by atoms with Crippen LogP contribution in [0.3, 0.4) is 0 Å². The first kappa shape index (κ1) is 17.5. The van der Waals surface area contributed by atoms with E-state index >= 15 is 0 Å². The van der Waals surface area contributed by atoms with Crippen molar-refractivity contribution >= 4 is 33.1 Å². The Kier molecular flexibility index (Phi) is 4.44. The molecular formula is C20H23N7S. The Bertz CT molecular complexity index is 1120. The molecule has 7 nitrogen and oxygen atoms in total. The van der Waals surface area contributed by atoms with E-state index in [1.807, 2.05) is 0 Å². The molecule has 0 fully saturated rings. The standard InChI is InChI=1S/C20H23N7S/c1-13(2)10-21-18-17-15-8-9-26(11-14-6-4-3-5-7-14)12-16(15)28-19(17)27-20(22-18)23-24-25-27/h3-7,13H,8-12H2,1-2H3,(H,21,22,23,25).